The molecule has 3 rings (SSSR count). The number of thioether (sulfide) groups is 1. The van der Waals surface area contributed by atoms with Gasteiger partial charge in [0.1, 0.15) is 0 Å². The maximum Gasteiger partial charge on any atom is 0.271 e. The number of ether oxygens (including phenoxy) is 1. The topological polar surface area (TPSA) is 140 Å². The summed E-state index contributed by atoms with van der Waals surface area (Å²) in [5.74, 6) is 0.213. The Balaban J connectivity index is 1.49. The maximum absolute atomic E-state index is 12.1. The molecule has 0 fully saturated rings. The highest BCUT2D eigenvalue weighted by Gasteiger charge is 2.10. The van der Waals surface area contributed by atoms with Crippen LogP contribution in [0.2, 0.25) is 0 Å². The number of hydrogen-bond donors (Lipinski definition) is 3. The minimum Gasteiger partial charge on any atom is -0.504 e. The van der Waals surface area contributed by atoms with Gasteiger partial charge in [-0.3, -0.25) is 14.9 Å². The molecule has 0 atom stereocenters. The third-order valence-electron chi connectivity index (χ3n) is 3.76. The number of aromatic hydroxyl groups is 1. The van der Waals surface area contributed by atoms with E-state index in [2.05, 4.69) is 20.8 Å². The van der Waals surface area contributed by atoms with Gasteiger partial charge in [0.25, 0.3) is 5.69 Å². The number of nitrogens with zero attached hydrogens (tertiary/aromatic N) is 3. The lowest BCUT2D eigenvalue weighted by Crippen LogP contribution is -2.14. The molecule has 0 saturated carbocycles. The number of anilines is 2. The van der Waals surface area contributed by atoms with Crippen molar-refractivity contribution in [1.29, 1.82) is 0 Å². The van der Waals surface area contributed by atoms with Gasteiger partial charge >= 0.3 is 0 Å². The standard InChI is InChI=1S/C19H17N5O5S2/c1-29-16-9-12(5-6-15(16)25)7-8-20-18-22-23-19(31-18)30-11-17(26)21-13-3-2-4-14(10-13)24(27)28/h2-10,25H,11H2,1H3,(H,20,22)(H,21,26)/b8-7+. The number of carbonyl (C=O) groups excluding carboxylic acids is 1. The number of non-ortho nitro benzene ring substituents is 1. The van der Waals surface area contributed by atoms with Crippen molar-refractivity contribution in [3.05, 3.63) is 64.3 Å². The first-order chi connectivity index (χ1) is 14.9. The van der Waals surface area contributed by atoms with Gasteiger partial charge < -0.3 is 20.5 Å². The molecule has 1 amide bonds. The van der Waals surface area contributed by atoms with E-state index in [1.165, 1.54) is 54.5 Å². The fourth-order valence-corrected chi connectivity index (χ4v) is 3.89. The molecular formula is C19H17N5O5S2. The molecule has 0 aliphatic carbocycles. The van der Waals surface area contributed by atoms with E-state index >= 15 is 0 Å². The van der Waals surface area contributed by atoms with Crippen LogP contribution < -0.4 is 15.4 Å². The zero-order valence-electron chi connectivity index (χ0n) is 16.1. The van der Waals surface area contributed by atoms with E-state index in [1.807, 2.05) is 0 Å². The summed E-state index contributed by atoms with van der Waals surface area (Å²) in [5.41, 5.74) is 1.08. The molecule has 1 heterocycles. The summed E-state index contributed by atoms with van der Waals surface area (Å²) in [7, 11) is 1.48. The third-order valence-corrected chi connectivity index (χ3v) is 5.75. The van der Waals surface area contributed by atoms with Crippen LogP contribution in [0.25, 0.3) is 6.08 Å². The minimum absolute atomic E-state index is 0.0629. The largest absolute Gasteiger partial charge is 0.504 e. The molecule has 1 aromatic heterocycles. The number of phenolic OH excluding ortho intramolecular Hbond substituents is 1. The molecule has 3 aromatic rings. The second-order valence-corrected chi connectivity index (χ2v) is 8.13. The molecule has 31 heavy (non-hydrogen) atoms. The van der Waals surface area contributed by atoms with Gasteiger partial charge in [0.05, 0.1) is 17.8 Å². The van der Waals surface area contributed by atoms with E-state index in [0.29, 0.717) is 20.9 Å². The van der Waals surface area contributed by atoms with Crippen LogP contribution in [0.3, 0.4) is 0 Å². The van der Waals surface area contributed by atoms with E-state index in [0.717, 1.165) is 5.56 Å². The highest BCUT2D eigenvalue weighted by molar-refractivity contribution is 8.01. The predicted octanol–water partition coefficient (Wildman–Crippen LogP) is 3.97. The lowest BCUT2D eigenvalue weighted by molar-refractivity contribution is -0.384. The molecule has 0 saturated heterocycles. The first kappa shape index (κ1) is 22.1. The van der Waals surface area contributed by atoms with Crippen LogP contribution in [0.4, 0.5) is 16.5 Å². The van der Waals surface area contributed by atoms with Crippen molar-refractivity contribution in [2.75, 3.05) is 23.5 Å². The number of nitro groups is 1. The number of aromatic nitrogens is 2. The summed E-state index contributed by atoms with van der Waals surface area (Å²) in [4.78, 5) is 22.4. The fourth-order valence-electron chi connectivity index (χ4n) is 2.36. The Kier molecular flexibility index (Phi) is 7.40. The van der Waals surface area contributed by atoms with Crippen molar-refractivity contribution in [3.63, 3.8) is 0 Å². The Hall–Kier alpha value is -3.64. The molecule has 10 nitrogen and oxygen atoms in total. The number of hydrogen-bond acceptors (Lipinski definition) is 10. The van der Waals surface area contributed by atoms with Gasteiger partial charge in [0, 0.05) is 24.0 Å². The lowest BCUT2D eigenvalue weighted by atomic mass is 10.2. The van der Waals surface area contributed by atoms with E-state index in [9.17, 15) is 20.0 Å². The molecule has 3 N–H and O–H groups in total. The maximum atomic E-state index is 12.1. The van der Waals surface area contributed by atoms with Crippen molar-refractivity contribution in [2.24, 2.45) is 0 Å². The molecule has 2 aromatic carbocycles. The van der Waals surface area contributed by atoms with E-state index in [4.69, 9.17) is 4.74 Å². The Labute approximate surface area is 185 Å². The van der Waals surface area contributed by atoms with Gasteiger partial charge in [0.15, 0.2) is 15.8 Å². The van der Waals surface area contributed by atoms with E-state index < -0.39 is 4.92 Å². The van der Waals surface area contributed by atoms with Crippen LogP contribution in [0, 0.1) is 10.1 Å². The zero-order valence-corrected chi connectivity index (χ0v) is 17.8. The lowest BCUT2D eigenvalue weighted by Gasteiger charge is -2.03. The number of benzene rings is 2. The number of rotatable bonds is 9. The molecule has 0 bridgehead atoms. The van der Waals surface area contributed by atoms with Crippen LogP contribution in [-0.2, 0) is 4.79 Å². The number of nitro benzene ring substituents is 1. The highest BCUT2D eigenvalue weighted by atomic mass is 32.2. The average Bonchev–Trinajstić information content (AvgIpc) is 3.21. The molecular weight excluding hydrogens is 442 g/mol. The van der Waals surface area contributed by atoms with Crippen molar-refractivity contribution in [1.82, 2.24) is 10.2 Å². The van der Waals surface area contributed by atoms with Crippen molar-refractivity contribution >= 4 is 51.6 Å². The first-order valence-corrected chi connectivity index (χ1v) is 10.6. The molecule has 0 radical (unpaired) electrons. The Bertz CT molecular complexity index is 1120. The monoisotopic (exact) mass is 459 g/mol. The summed E-state index contributed by atoms with van der Waals surface area (Å²) >= 11 is 2.48. The van der Waals surface area contributed by atoms with Gasteiger partial charge in [-0.1, -0.05) is 35.2 Å². The van der Waals surface area contributed by atoms with Crippen LogP contribution in [0.5, 0.6) is 11.5 Å². The fraction of sp³-hybridized carbons (Fsp3) is 0.105. The SMILES string of the molecule is COc1cc(/C=C/Nc2nnc(SCC(=O)Nc3cccc([N+](=O)[O-])c3)s2)ccc1O. The Morgan fingerprint density at radius 2 is 2.16 bits per heavy atom. The molecule has 160 valence electrons. The minimum atomic E-state index is -0.521. The van der Waals surface area contributed by atoms with Crippen molar-refractivity contribution in [3.8, 4) is 11.5 Å². The normalized spacial score (nSPS) is 10.7. The number of nitrogens with one attached hydrogen (secondary N) is 2. The van der Waals surface area contributed by atoms with Crippen LogP contribution in [-0.4, -0.2) is 39.0 Å². The zero-order chi connectivity index (χ0) is 22.2. The third kappa shape index (κ3) is 6.42. The van der Waals surface area contributed by atoms with Gasteiger partial charge in [-0.25, -0.2) is 0 Å². The van der Waals surface area contributed by atoms with E-state index in [1.54, 1.807) is 30.5 Å². The number of amides is 1. The number of phenols is 1. The summed E-state index contributed by atoms with van der Waals surface area (Å²) in [5, 5.41) is 34.6. The van der Waals surface area contributed by atoms with Crippen LogP contribution in [0.15, 0.2) is 53.0 Å². The van der Waals surface area contributed by atoms with Gasteiger partial charge in [-0.2, -0.15) is 0 Å². The Morgan fingerprint density at radius 3 is 2.94 bits per heavy atom. The van der Waals surface area contributed by atoms with Crippen LogP contribution in [0.1, 0.15) is 5.56 Å². The smallest absolute Gasteiger partial charge is 0.271 e. The molecule has 0 spiro atoms. The molecule has 0 aliphatic heterocycles. The quantitative estimate of drug-likeness (QED) is 0.246. The Morgan fingerprint density at radius 1 is 1.32 bits per heavy atom. The number of carbonyl (C=O) groups is 1. The molecule has 0 aliphatic rings. The van der Waals surface area contributed by atoms with Gasteiger partial charge in [0.2, 0.25) is 11.0 Å². The second kappa shape index (κ2) is 10.4. The predicted molar refractivity (Wildman–Crippen MR) is 120 cm³/mol. The van der Waals surface area contributed by atoms with E-state index in [-0.39, 0.29) is 23.1 Å². The summed E-state index contributed by atoms with van der Waals surface area (Å²) in [6.45, 7) is 0. The summed E-state index contributed by atoms with van der Waals surface area (Å²) < 4.78 is 5.66. The first-order valence-electron chi connectivity index (χ1n) is 8.75. The molecule has 0 unspecified atom stereocenters. The van der Waals surface area contributed by atoms with Crippen LogP contribution >= 0.6 is 23.1 Å². The second-order valence-electron chi connectivity index (χ2n) is 5.93. The van der Waals surface area contributed by atoms with Crippen molar-refractivity contribution in [2.45, 2.75) is 4.34 Å². The average molecular weight is 460 g/mol. The summed E-state index contributed by atoms with van der Waals surface area (Å²) in [6.07, 6.45) is 3.46. The van der Waals surface area contributed by atoms with Crippen molar-refractivity contribution < 1.29 is 19.6 Å². The summed E-state index contributed by atoms with van der Waals surface area (Å²) in [6, 6.07) is 10.7. The van der Waals surface area contributed by atoms with Gasteiger partial charge in [-0.15, -0.1) is 10.2 Å². The number of methoxy groups -OCH3 is 1. The highest BCUT2D eigenvalue weighted by Crippen LogP contribution is 2.28. The molecule has 12 heteroatoms. The van der Waals surface area contributed by atoms with Gasteiger partial charge in [-0.05, 0) is 29.8 Å².